The van der Waals surface area contributed by atoms with Crippen molar-refractivity contribution in [2.75, 3.05) is 4.90 Å². The maximum atomic E-state index is 13.0. The molecule has 1 amide bonds. The highest BCUT2D eigenvalue weighted by molar-refractivity contribution is 6.08. The molecule has 0 radical (unpaired) electrons. The molecule has 0 bridgehead atoms. The fraction of sp³-hybridized carbons (Fsp3) is 0.158. The number of aliphatic hydroxyl groups is 1. The fourth-order valence-electron chi connectivity index (χ4n) is 3.25. The molecule has 0 saturated carbocycles. The summed E-state index contributed by atoms with van der Waals surface area (Å²) in [6, 6.07) is 16.6. The van der Waals surface area contributed by atoms with E-state index in [0.29, 0.717) is 17.8 Å². The van der Waals surface area contributed by atoms with Gasteiger partial charge in [0.2, 0.25) is 5.60 Å². The minimum Gasteiger partial charge on any atom is -0.451 e. The predicted molar refractivity (Wildman–Crippen MR) is 87.0 cm³/mol. The topological polar surface area (TPSA) is 66.8 Å². The molecule has 120 valence electrons. The first-order chi connectivity index (χ1) is 11.6. The van der Waals surface area contributed by atoms with Crippen LogP contribution in [-0.4, -0.2) is 23.1 Å². The van der Waals surface area contributed by atoms with Crippen molar-refractivity contribution in [2.24, 2.45) is 0 Å². The van der Waals surface area contributed by atoms with Gasteiger partial charge in [-0.2, -0.15) is 0 Å². The molecule has 2 aromatic carbocycles. The second-order valence-electron chi connectivity index (χ2n) is 5.88. The number of para-hydroxylation sites is 1. The van der Waals surface area contributed by atoms with Crippen molar-refractivity contribution < 1.29 is 19.4 Å². The molecule has 5 heteroatoms. The number of hydrogen-bond donors (Lipinski definition) is 1. The van der Waals surface area contributed by atoms with Crippen molar-refractivity contribution in [3.63, 3.8) is 0 Å². The molecule has 0 saturated heterocycles. The van der Waals surface area contributed by atoms with Gasteiger partial charge in [-0.05, 0) is 17.7 Å². The van der Waals surface area contributed by atoms with Crippen molar-refractivity contribution in [2.45, 2.75) is 18.2 Å². The molecule has 0 aromatic heterocycles. The maximum Gasteiger partial charge on any atom is 0.331 e. The van der Waals surface area contributed by atoms with Gasteiger partial charge < -0.3 is 14.7 Å². The summed E-state index contributed by atoms with van der Waals surface area (Å²) in [7, 11) is 0. The Morgan fingerprint density at radius 1 is 1.04 bits per heavy atom. The summed E-state index contributed by atoms with van der Waals surface area (Å²) in [5.41, 5.74) is 0.137. The Balaban J connectivity index is 1.77. The average molecular weight is 321 g/mol. The molecular weight excluding hydrogens is 306 g/mol. The Hall–Kier alpha value is -2.92. The summed E-state index contributed by atoms with van der Waals surface area (Å²) in [5.74, 6) is -1.04. The number of ether oxygens (including phenoxy) is 1. The Morgan fingerprint density at radius 3 is 2.46 bits per heavy atom. The zero-order valence-electron chi connectivity index (χ0n) is 12.8. The van der Waals surface area contributed by atoms with Crippen LogP contribution in [0.1, 0.15) is 11.1 Å². The molecule has 4 rings (SSSR count). The van der Waals surface area contributed by atoms with Crippen molar-refractivity contribution in [3.05, 3.63) is 77.9 Å². The van der Waals surface area contributed by atoms with Gasteiger partial charge in [-0.15, -0.1) is 0 Å². The number of carbonyl (C=O) groups is 2. The fourth-order valence-corrected chi connectivity index (χ4v) is 3.25. The summed E-state index contributed by atoms with van der Waals surface area (Å²) in [4.78, 5) is 26.0. The zero-order valence-corrected chi connectivity index (χ0v) is 12.8. The number of nitrogens with zero attached hydrogens (tertiary/aromatic N) is 1. The first kappa shape index (κ1) is 14.7. The highest BCUT2D eigenvalue weighted by atomic mass is 16.6. The smallest absolute Gasteiger partial charge is 0.331 e. The summed E-state index contributed by atoms with van der Waals surface area (Å²) >= 11 is 0. The Bertz CT molecular complexity index is 845. The zero-order chi connectivity index (χ0) is 16.7. The van der Waals surface area contributed by atoms with E-state index in [9.17, 15) is 14.7 Å². The van der Waals surface area contributed by atoms with Crippen molar-refractivity contribution in [1.82, 2.24) is 0 Å². The van der Waals surface area contributed by atoms with Crippen molar-refractivity contribution in [3.8, 4) is 0 Å². The Kier molecular flexibility index (Phi) is 3.25. The normalized spacial score (nSPS) is 25.0. The molecule has 0 aliphatic carbocycles. The highest BCUT2D eigenvalue weighted by Crippen LogP contribution is 2.44. The van der Waals surface area contributed by atoms with Crippen molar-refractivity contribution in [1.29, 1.82) is 0 Å². The summed E-state index contributed by atoms with van der Waals surface area (Å²) in [5, 5.41) is 11.2. The highest BCUT2D eigenvalue weighted by Gasteiger charge is 2.56. The molecule has 2 atom stereocenters. The minimum atomic E-state index is -1.89. The van der Waals surface area contributed by atoms with Crippen LogP contribution in [0.15, 0.2) is 66.7 Å². The largest absolute Gasteiger partial charge is 0.451 e. The van der Waals surface area contributed by atoms with Crippen LogP contribution in [0, 0.1) is 0 Å². The van der Waals surface area contributed by atoms with Gasteiger partial charge in [-0.1, -0.05) is 48.5 Å². The van der Waals surface area contributed by atoms with E-state index < -0.39 is 23.6 Å². The number of cyclic esters (lactones) is 1. The maximum absolute atomic E-state index is 13.0. The van der Waals surface area contributed by atoms with E-state index in [1.54, 1.807) is 18.2 Å². The van der Waals surface area contributed by atoms with E-state index in [1.165, 1.54) is 17.1 Å². The van der Waals surface area contributed by atoms with Gasteiger partial charge >= 0.3 is 5.97 Å². The number of anilines is 1. The lowest BCUT2D eigenvalue weighted by Gasteiger charge is -2.27. The van der Waals surface area contributed by atoms with Gasteiger partial charge in [0.25, 0.3) is 5.91 Å². The lowest BCUT2D eigenvalue weighted by molar-refractivity contribution is -0.159. The number of benzene rings is 2. The van der Waals surface area contributed by atoms with Crippen LogP contribution in [0.5, 0.6) is 0 Å². The molecule has 5 nitrogen and oxygen atoms in total. The molecule has 0 unspecified atom stereocenters. The van der Waals surface area contributed by atoms with Gasteiger partial charge in [0, 0.05) is 11.6 Å². The number of rotatable bonds is 3. The Labute approximate surface area is 138 Å². The van der Waals surface area contributed by atoms with Gasteiger partial charge in [0.05, 0.1) is 12.2 Å². The van der Waals surface area contributed by atoms with Crippen LogP contribution < -0.4 is 4.90 Å². The van der Waals surface area contributed by atoms with Crippen LogP contribution in [0.4, 0.5) is 5.69 Å². The quantitative estimate of drug-likeness (QED) is 0.877. The third-order valence-electron chi connectivity index (χ3n) is 4.42. The summed E-state index contributed by atoms with van der Waals surface area (Å²) in [6.45, 7) is 0.337. The molecule has 2 aliphatic rings. The third-order valence-corrected chi connectivity index (χ3v) is 4.42. The molecule has 1 N–H and O–H groups in total. The number of amides is 1. The van der Waals surface area contributed by atoms with E-state index in [-0.39, 0.29) is 0 Å². The van der Waals surface area contributed by atoms with Gasteiger partial charge in [0.1, 0.15) is 0 Å². The minimum absolute atomic E-state index is 0.337. The second-order valence-corrected chi connectivity index (χ2v) is 5.88. The number of hydrogen-bond acceptors (Lipinski definition) is 4. The standard InChI is InChI=1S/C19H15NO4/c21-17-11-10-16(24-17)19(23)14-8-4-5-9-15(14)20(18(19)22)12-13-6-2-1-3-7-13/h1-11,16,23H,12H2/t16-,19-/m0/s1. The lowest BCUT2D eigenvalue weighted by Crippen LogP contribution is -2.48. The lowest BCUT2D eigenvalue weighted by atomic mass is 9.89. The average Bonchev–Trinajstić information content (AvgIpc) is 3.13. The van der Waals surface area contributed by atoms with Crippen LogP contribution in [-0.2, 0) is 26.5 Å². The van der Waals surface area contributed by atoms with Crippen LogP contribution in [0.3, 0.4) is 0 Å². The third kappa shape index (κ3) is 2.06. The van der Waals surface area contributed by atoms with Gasteiger partial charge in [-0.25, -0.2) is 4.79 Å². The van der Waals surface area contributed by atoms with Crippen LogP contribution in [0.2, 0.25) is 0 Å². The molecule has 24 heavy (non-hydrogen) atoms. The van der Waals surface area contributed by atoms with Crippen LogP contribution in [0.25, 0.3) is 0 Å². The number of carbonyl (C=O) groups excluding carboxylic acids is 2. The van der Waals surface area contributed by atoms with E-state index >= 15 is 0 Å². The molecule has 2 aromatic rings. The van der Waals surface area contributed by atoms with Gasteiger partial charge in [0.15, 0.2) is 6.10 Å². The van der Waals surface area contributed by atoms with Crippen LogP contribution >= 0.6 is 0 Å². The predicted octanol–water partition coefficient (Wildman–Crippen LogP) is 1.90. The molecule has 0 spiro atoms. The Morgan fingerprint density at radius 2 is 1.75 bits per heavy atom. The second kappa shape index (κ2) is 5.32. The number of esters is 1. The molecule has 0 fully saturated rings. The van der Waals surface area contributed by atoms with E-state index in [0.717, 1.165) is 5.56 Å². The van der Waals surface area contributed by atoms with E-state index in [1.807, 2.05) is 36.4 Å². The van der Waals surface area contributed by atoms with Crippen molar-refractivity contribution >= 4 is 17.6 Å². The summed E-state index contributed by atoms with van der Waals surface area (Å²) in [6.07, 6.45) is 1.65. The monoisotopic (exact) mass is 321 g/mol. The van der Waals surface area contributed by atoms with E-state index in [2.05, 4.69) is 0 Å². The summed E-state index contributed by atoms with van der Waals surface area (Å²) < 4.78 is 5.13. The molecular formula is C19H15NO4. The van der Waals surface area contributed by atoms with E-state index in [4.69, 9.17) is 4.74 Å². The first-order valence-electron chi connectivity index (χ1n) is 7.67. The first-order valence-corrected chi connectivity index (χ1v) is 7.67. The SMILES string of the molecule is O=C1C=C[C@@H]([C@]2(O)C(=O)N(Cc3ccccc3)c3ccccc32)O1. The number of fused-ring (bicyclic) bond motifs is 1. The molecule has 2 aliphatic heterocycles. The van der Waals surface area contributed by atoms with Gasteiger partial charge in [-0.3, -0.25) is 4.79 Å². The molecule has 2 heterocycles.